The van der Waals surface area contributed by atoms with Gasteiger partial charge in [-0.2, -0.15) is 0 Å². The van der Waals surface area contributed by atoms with Gasteiger partial charge >= 0.3 is 0 Å². The third kappa shape index (κ3) is 6.09. The fourth-order valence-corrected chi connectivity index (χ4v) is 2.05. The molecule has 0 saturated carbocycles. The molecule has 0 aliphatic heterocycles. The van der Waals surface area contributed by atoms with Crippen LogP contribution in [0.4, 0.5) is 0 Å². The molecule has 1 aromatic heterocycles. The van der Waals surface area contributed by atoms with E-state index in [0.717, 1.165) is 29.1 Å². The fourth-order valence-electron chi connectivity index (χ4n) is 2.05. The summed E-state index contributed by atoms with van der Waals surface area (Å²) < 4.78 is 5.89. The van der Waals surface area contributed by atoms with Gasteiger partial charge in [-0.15, -0.1) is 0 Å². The number of aromatic nitrogens is 1. The number of ether oxygens (including phenoxy) is 1. The van der Waals surface area contributed by atoms with E-state index in [1.807, 2.05) is 56.6 Å². The van der Waals surface area contributed by atoms with Gasteiger partial charge < -0.3 is 9.64 Å². The second kappa shape index (κ2) is 8.91. The van der Waals surface area contributed by atoms with Crippen molar-refractivity contribution in [3.05, 3.63) is 71.6 Å². The zero-order valence-corrected chi connectivity index (χ0v) is 14.1. The summed E-state index contributed by atoms with van der Waals surface area (Å²) in [6.45, 7) is 3.66. The third-order valence-electron chi connectivity index (χ3n) is 3.30. The summed E-state index contributed by atoms with van der Waals surface area (Å²) in [4.78, 5) is 6.40. The van der Waals surface area contributed by atoms with Crippen molar-refractivity contribution in [1.82, 2.24) is 9.88 Å². The van der Waals surface area contributed by atoms with E-state index in [-0.39, 0.29) is 0 Å². The summed E-state index contributed by atoms with van der Waals surface area (Å²) in [5, 5.41) is 0. The maximum Gasteiger partial charge on any atom is 0.126 e. The zero-order chi connectivity index (χ0) is 16.5. The van der Waals surface area contributed by atoms with E-state index in [2.05, 4.69) is 35.0 Å². The Morgan fingerprint density at radius 3 is 2.65 bits per heavy atom. The van der Waals surface area contributed by atoms with Crippen LogP contribution < -0.4 is 4.74 Å². The first-order chi connectivity index (χ1) is 11.1. The largest absolute Gasteiger partial charge is 0.492 e. The SMILES string of the molecule is CC(/C=C/c1ccccn1)=C\c1ccccc1OCCN(C)C. The van der Waals surface area contributed by atoms with Crippen molar-refractivity contribution in [1.29, 1.82) is 0 Å². The second-order valence-corrected chi connectivity index (χ2v) is 5.67. The Kier molecular flexibility index (Phi) is 6.57. The summed E-state index contributed by atoms with van der Waals surface area (Å²) in [6.07, 6.45) is 8.01. The minimum absolute atomic E-state index is 0.681. The first-order valence-corrected chi connectivity index (χ1v) is 7.79. The van der Waals surface area contributed by atoms with Crippen molar-refractivity contribution in [3.8, 4) is 5.75 Å². The Hall–Kier alpha value is -2.39. The van der Waals surface area contributed by atoms with E-state index in [1.54, 1.807) is 6.20 Å². The minimum atomic E-state index is 0.681. The summed E-state index contributed by atoms with van der Waals surface area (Å²) in [6, 6.07) is 14.0. The number of para-hydroxylation sites is 1. The zero-order valence-electron chi connectivity index (χ0n) is 14.1. The van der Waals surface area contributed by atoms with E-state index < -0.39 is 0 Å². The summed E-state index contributed by atoms with van der Waals surface area (Å²) in [5.41, 5.74) is 3.20. The quantitative estimate of drug-likeness (QED) is 0.719. The molecule has 0 N–H and O–H groups in total. The normalized spacial score (nSPS) is 12.1. The van der Waals surface area contributed by atoms with Gasteiger partial charge in [-0.3, -0.25) is 4.98 Å². The predicted molar refractivity (Wildman–Crippen MR) is 97.4 cm³/mol. The number of likely N-dealkylation sites (N-methyl/N-ethyl adjacent to an activating group) is 1. The Morgan fingerprint density at radius 2 is 1.91 bits per heavy atom. The van der Waals surface area contributed by atoms with E-state index >= 15 is 0 Å². The maximum atomic E-state index is 5.89. The predicted octanol–water partition coefficient (Wildman–Crippen LogP) is 4.14. The van der Waals surface area contributed by atoms with Crippen LogP contribution in [0.2, 0.25) is 0 Å². The highest BCUT2D eigenvalue weighted by atomic mass is 16.5. The first kappa shape index (κ1) is 17.0. The molecular formula is C20H24N2O. The molecule has 0 aliphatic carbocycles. The molecule has 3 nitrogen and oxygen atoms in total. The van der Waals surface area contributed by atoms with Crippen LogP contribution in [0.1, 0.15) is 18.2 Å². The second-order valence-electron chi connectivity index (χ2n) is 5.67. The average Bonchev–Trinajstić information content (AvgIpc) is 2.55. The molecule has 0 unspecified atom stereocenters. The van der Waals surface area contributed by atoms with Crippen LogP contribution in [0.25, 0.3) is 12.2 Å². The summed E-state index contributed by atoms with van der Waals surface area (Å²) >= 11 is 0. The molecule has 2 rings (SSSR count). The molecule has 120 valence electrons. The molecule has 0 bridgehead atoms. The smallest absolute Gasteiger partial charge is 0.126 e. The van der Waals surface area contributed by atoms with Crippen molar-refractivity contribution in [2.75, 3.05) is 27.2 Å². The fraction of sp³-hybridized carbons (Fsp3) is 0.250. The molecule has 23 heavy (non-hydrogen) atoms. The molecule has 0 atom stereocenters. The Morgan fingerprint density at radius 1 is 1.13 bits per heavy atom. The van der Waals surface area contributed by atoms with Gasteiger partial charge in [0, 0.05) is 18.3 Å². The number of rotatable bonds is 7. The van der Waals surface area contributed by atoms with Gasteiger partial charge in [-0.1, -0.05) is 35.9 Å². The van der Waals surface area contributed by atoms with Crippen LogP contribution in [0.3, 0.4) is 0 Å². The lowest BCUT2D eigenvalue weighted by molar-refractivity contribution is 0.261. The number of hydrogen-bond acceptors (Lipinski definition) is 3. The average molecular weight is 308 g/mol. The van der Waals surface area contributed by atoms with Gasteiger partial charge in [0.15, 0.2) is 0 Å². The van der Waals surface area contributed by atoms with Crippen molar-refractivity contribution < 1.29 is 4.74 Å². The lowest BCUT2D eigenvalue weighted by atomic mass is 10.1. The van der Waals surface area contributed by atoms with E-state index in [4.69, 9.17) is 4.74 Å². The van der Waals surface area contributed by atoms with Gasteiger partial charge in [0.2, 0.25) is 0 Å². The van der Waals surface area contributed by atoms with E-state index in [9.17, 15) is 0 Å². The van der Waals surface area contributed by atoms with Gasteiger partial charge in [0.1, 0.15) is 12.4 Å². The molecule has 0 fully saturated rings. The molecule has 0 radical (unpaired) electrons. The van der Waals surface area contributed by atoms with Crippen molar-refractivity contribution >= 4 is 12.2 Å². The van der Waals surface area contributed by atoms with Gasteiger partial charge in [0.25, 0.3) is 0 Å². The van der Waals surface area contributed by atoms with Crippen LogP contribution >= 0.6 is 0 Å². The number of allylic oxidation sites excluding steroid dienone is 2. The highest BCUT2D eigenvalue weighted by molar-refractivity contribution is 5.63. The molecule has 2 aromatic rings. The van der Waals surface area contributed by atoms with Crippen LogP contribution in [-0.2, 0) is 0 Å². The molecule has 0 spiro atoms. The molecule has 3 heteroatoms. The summed E-state index contributed by atoms with van der Waals surface area (Å²) in [7, 11) is 4.09. The maximum absolute atomic E-state index is 5.89. The Balaban J connectivity index is 2.07. The van der Waals surface area contributed by atoms with Crippen LogP contribution in [0.5, 0.6) is 5.75 Å². The topological polar surface area (TPSA) is 25.4 Å². The number of benzene rings is 1. The number of pyridine rings is 1. The lowest BCUT2D eigenvalue weighted by Gasteiger charge is -2.12. The van der Waals surface area contributed by atoms with Gasteiger partial charge in [-0.05, 0) is 51.4 Å². The van der Waals surface area contributed by atoms with Gasteiger partial charge in [-0.25, -0.2) is 0 Å². The monoisotopic (exact) mass is 308 g/mol. The molecular weight excluding hydrogens is 284 g/mol. The lowest BCUT2D eigenvalue weighted by Crippen LogP contribution is -2.19. The van der Waals surface area contributed by atoms with Crippen LogP contribution in [-0.4, -0.2) is 37.1 Å². The highest BCUT2D eigenvalue weighted by Crippen LogP contribution is 2.21. The van der Waals surface area contributed by atoms with E-state index in [1.165, 1.54) is 0 Å². The number of nitrogens with zero attached hydrogens (tertiary/aromatic N) is 2. The van der Waals surface area contributed by atoms with Crippen molar-refractivity contribution in [2.24, 2.45) is 0 Å². The Labute approximate surface area is 138 Å². The van der Waals surface area contributed by atoms with E-state index in [0.29, 0.717) is 6.61 Å². The van der Waals surface area contributed by atoms with Crippen molar-refractivity contribution in [2.45, 2.75) is 6.92 Å². The van der Waals surface area contributed by atoms with Gasteiger partial charge in [0.05, 0.1) is 5.69 Å². The summed E-state index contributed by atoms with van der Waals surface area (Å²) in [5.74, 6) is 0.917. The third-order valence-corrected chi connectivity index (χ3v) is 3.30. The number of hydrogen-bond donors (Lipinski definition) is 0. The van der Waals surface area contributed by atoms with Crippen molar-refractivity contribution in [3.63, 3.8) is 0 Å². The first-order valence-electron chi connectivity index (χ1n) is 7.79. The van der Waals surface area contributed by atoms with Crippen LogP contribution in [0, 0.1) is 0 Å². The molecule has 0 amide bonds. The molecule has 1 aromatic carbocycles. The minimum Gasteiger partial charge on any atom is -0.492 e. The molecule has 1 heterocycles. The Bertz CT molecular complexity index is 660. The standard InChI is InChI=1S/C20H24N2O/c1-17(11-12-19-9-6-7-13-21-19)16-18-8-4-5-10-20(18)23-15-14-22(2)3/h4-13,16H,14-15H2,1-3H3/b12-11+,17-16+. The molecule has 0 saturated heterocycles. The molecule has 0 aliphatic rings. The van der Waals surface area contributed by atoms with Crippen LogP contribution in [0.15, 0.2) is 60.3 Å². The highest BCUT2D eigenvalue weighted by Gasteiger charge is 2.01.